The molecule has 3 rings (SSSR count). The van der Waals surface area contributed by atoms with E-state index in [9.17, 15) is 13.6 Å². The van der Waals surface area contributed by atoms with Gasteiger partial charge in [0.05, 0.1) is 12.0 Å². The van der Waals surface area contributed by atoms with Gasteiger partial charge >= 0.3 is 12.6 Å². The zero-order valence-electron chi connectivity index (χ0n) is 20.4. The van der Waals surface area contributed by atoms with Crippen LogP contribution >= 0.6 is 0 Å². The molecule has 0 amide bonds. The third-order valence-corrected chi connectivity index (χ3v) is 6.02. The summed E-state index contributed by atoms with van der Waals surface area (Å²) in [4.78, 5) is 14.4. The molecular formula is C27H35F2NO4. The lowest BCUT2D eigenvalue weighted by Gasteiger charge is -2.20. The molecule has 1 fully saturated rings. The van der Waals surface area contributed by atoms with Crippen molar-refractivity contribution in [3.05, 3.63) is 59.7 Å². The third kappa shape index (κ3) is 7.69. The number of likely N-dealkylation sites (N-methyl/N-ethyl adjacent to an activating group) is 1. The molecule has 5 nitrogen and oxygen atoms in total. The largest absolute Gasteiger partial charge is 0.493 e. The normalized spacial score (nSPS) is 18.8. The molecule has 0 spiro atoms. The van der Waals surface area contributed by atoms with Gasteiger partial charge in [0.2, 0.25) is 0 Å². The third-order valence-electron chi connectivity index (χ3n) is 6.02. The second-order valence-electron chi connectivity index (χ2n) is 9.88. The van der Waals surface area contributed by atoms with Gasteiger partial charge in [-0.1, -0.05) is 30.3 Å². The lowest BCUT2D eigenvalue weighted by molar-refractivity contribution is -0.157. The van der Waals surface area contributed by atoms with Crippen LogP contribution in [0.3, 0.4) is 0 Å². The molecule has 0 radical (unpaired) electrons. The van der Waals surface area contributed by atoms with Crippen LogP contribution in [-0.2, 0) is 22.4 Å². The van der Waals surface area contributed by atoms with E-state index >= 15 is 0 Å². The van der Waals surface area contributed by atoms with E-state index < -0.39 is 12.0 Å². The van der Waals surface area contributed by atoms with Crippen molar-refractivity contribution in [1.29, 1.82) is 0 Å². The summed E-state index contributed by atoms with van der Waals surface area (Å²) in [5, 5.41) is 0. The highest BCUT2D eigenvalue weighted by Gasteiger charge is 2.34. The molecule has 186 valence electrons. The zero-order chi connectivity index (χ0) is 24.7. The van der Waals surface area contributed by atoms with Crippen LogP contribution in [-0.4, -0.2) is 49.8 Å². The van der Waals surface area contributed by atoms with Gasteiger partial charge in [-0.15, -0.1) is 0 Å². The fourth-order valence-electron chi connectivity index (χ4n) is 4.09. The average molecular weight is 476 g/mol. The fraction of sp³-hybridized carbons (Fsp3) is 0.519. The summed E-state index contributed by atoms with van der Waals surface area (Å²) in [6.07, 6.45) is 2.97. The molecule has 1 aliphatic heterocycles. The summed E-state index contributed by atoms with van der Waals surface area (Å²) in [5.74, 6) is 0.839. The van der Waals surface area contributed by atoms with E-state index in [0.717, 1.165) is 42.7 Å². The molecule has 2 aromatic carbocycles. The molecule has 2 aromatic rings. The number of nitrogens with zero attached hydrogens (tertiary/aromatic N) is 1. The number of carbonyl (C=O) groups excluding carboxylic acids is 1. The number of hydrogen-bond acceptors (Lipinski definition) is 5. The Bertz CT molecular complexity index is 944. The first-order valence-corrected chi connectivity index (χ1v) is 11.8. The SMILES string of the molecule is CN1C[C@H](OC(=O)C(C)(C)C)C[C@H]1CCOc1ccccc1CCc1cccc(OC(F)F)c1. The maximum Gasteiger partial charge on any atom is 0.387 e. The lowest BCUT2D eigenvalue weighted by Crippen LogP contribution is -2.30. The van der Waals surface area contributed by atoms with Crippen LogP contribution in [0.15, 0.2) is 48.5 Å². The van der Waals surface area contributed by atoms with Crippen molar-refractivity contribution in [1.82, 2.24) is 4.90 Å². The molecule has 0 N–H and O–H groups in total. The molecule has 34 heavy (non-hydrogen) atoms. The summed E-state index contributed by atoms with van der Waals surface area (Å²) in [7, 11) is 2.05. The van der Waals surface area contributed by atoms with E-state index in [4.69, 9.17) is 9.47 Å². The minimum absolute atomic E-state index is 0.0844. The highest BCUT2D eigenvalue weighted by Crippen LogP contribution is 2.26. The van der Waals surface area contributed by atoms with Crippen LogP contribution in [0, 0.1) is 5.41 Å². The Kier molecular flexibility index (Phi) is 8.89. The van der Waals surface area contributed by atoms with Crippen molar-refractivity contribution in [2.45, 2.75) is 65.2 Å². The molecule has 0 unspecified atom stereocenters. The summed E-state index contributed by atoms with van der Waals surface area (Å²) < 4.78 is 41.3. The smallest absolute Gasteiger partial charge is 0.387 e. The molecule has 7 heteroatoms. The number of halogens is 2. The van der Waals surface area contributed by atoms with Gasteiger partial charge in [-0.05, 0) is 76.4 Å². The predicted octanol–water partition coefficient (Wildman–Crippen LogP) is 5.50. The standard InChI is InChI=1S/C27H35F2NO4/c1-27(2,3)25(31)33-23-17-21(30(4)18-23)14-15-32-24-11-6-5-9-20(24)13-12-19-8-7-10-22(16-19)34-26(28)29/h5-11,16,21,23,26H,12-15,17-18H2,1-4H3/t21-,23-/m1/s1. The Labute approximate surface area is 201 Å². The maximum atomic E-state index is 12.5. The number of hydrogen-bond donors (Lipinski definition) is 0. The molecular weight excluding hydrogens is 440 g/mol. The van der Waals surface area contributed by atoms with Crippen molar-refractivity contribution in [2.24, 2.45) is 5.41 Å². The van der Waals surface area contributed by atoms with Crippen LogP contribution in [0.1, 0.15) is 44.7 Å². The van der Waals surface area contributed by atoms with Crippen molar-refractivity contribution >= 4 is 5.97 Å². The van der Waals surface area contributed by atoms with Gasteiger partial charge in [0.1, 0.15) is 17.6 Å². The Balaban J connectivity index is 1.50. The van der Waals surface area contributed by atoms with E-state index in [2.05, 4.69) is 16.7 Å². The van der Waals surface area contributed by atoms with Gasteiger partial charge in [0.15, 0.2) is 0 Å². The Morgan fingerprint density at radius 3 is 2.62 bits per heavy atom. The highest BCUT2D eigenvalue weighted by atomic mass is 19.3. The fourth-order valence-corrected chi connectivity index (χ4v) is 4.09. The van der Waals surface area contributed by atoms with Crippen molar-refractivity contribution < 1.29 is 27.8 Å². The van der Waals surface area contributed by atoms with E-state index in [1.165, 1.54) is 6.07 Å². The van der Waals surface area contributed by atoms with Gasteiger partial charge in [0, 0.05) is 19.0 Å². The number of benzene rings is 2. The van der Waals surface area contributed by atoms with Gasteiger partial charge in [-0.2, -0.15) is 8.78 Å². The van der Waals surface area contributed by atoms with E-state index in [0.29, 0.717) is 19.1 Å². The highest BCUT2D eigenvalue weighted by molar-refractivity contribution is 5.75. The number of carbonyl (C=O) groups is 1. The quantitative estimate of drug-likeness (QED) is 0.425. The van der Waals surface area contributed by atoms with E-state index in [-0.39, 0.29) is 17.8 Å². The second-order valence-corrected chi connectivity index (χ2v) is 9.88. The molecule has 1 heterocycles. The minimum atomic E-state index is -2.83. The first-order chi connectivity index (χ1) is 16.1. The van der Waals surface area contributed by atoms with Gasteiger partial charge in [-0.25, -0.2) is 0 Å². The monoisotopic (exact) mass is 475 g/mol. The Morgan fingerprint density at radius 2 is 1.88 bits per heavy atom. The molecule has 0 aliphatic carbocycles. The van der Waals surface area contributed by atoms with E-state index in [1.807, 2.05) is 51.1 Å². The molecule has 1 aliphatic rings. The van der Waals surface area contributed by atoms with Gasteiger partial charge < -0.3 is 14.2 Å². The number of alkyl halides is 2. The summed E-state index contributed by atoms with van der Waals surface area (Å²) in [6, 6.07) is 15.0. The average Bonchev–Trinajstić information content (AvgIpc) is 3.11. The number of ether oxygens (including phenoxy) is 3. The predicted molar refractivity (Wildman–Crippen MR) is 127 cm³/mol. The number of para-hydroxylation sites is 1. The summed E-state index contributed by atoms with van der Waals surface area (Å²) in [6.45, 7) is 4.06. The van der Waals surface area contributed by atoms with Gasteiger partial charge in [0.25, 0.3) is 0 Å². The number of likely N-dealkylation sites (tertiary alicyclic amines) is 1. The summed E-state index contributed by atoms with van der Waals surface area (Å²) >= 11 is 0. The zero-order valence-corrected chi connectivity index (χ0v) is 20.4. The van der Waals surface area contributed by atoms with Gasteiger partial charge in [-0.3, -0.25) is 9.69 Å². The minimum Gasteiger partial charge on any atom is -0.493 e. The molecule has 0 aromatic heterocycles. The molecule has 2 atom stereocenters. The molecule has 0 bridgehead atoms. The first kappa shape index (κ1) is 25.9. The number of rotatable bonds is 10. The number of esters is 1. The van der Waals surface area contributed by atoms with Crippen LogP contribution < -0.4 is 9.47 Å². The first-order valence-electron chi connectivity index (χ1n) is 11.8. The second kappa shape index (κ2) is 11.6. The molecule has 0 saturated carbocycles. The van der Waals surface area contributed by atoms with Crippen LogP contribution in [0.4, 0.5) is 8.78 Å². The van der Waals surface area contributed by atoms with Crippen LogP contribution in [0.5, 0.6) is 11.5 Å². The van der Waals surface area contributed by atoms with Crippen LogP contribution in [0.25, 0.3) is 0 Å². The van der Waals surface area contributed by atoms with Crippen LogP contribution in [0.2, 0.25) is 0 Å². The Hall–Kier alpha value is -2.67. The van der Waals surface area contributed by atoms with Crippen molar-refractivity contribution in [2.75, 3.05) is 20.2 Å². The number of aryl methyl sites for hydroxylation is 2. The topological polar surface area (TPSA) is 48.0 Å². The van der Waals surface area contributed by atoms with Crippen molar-refractivity contribution in [3.8, 4) is 11.5 Å². The van der Waals surface area contributed by atoms with Crippen molar-refractivity contribution in [3.63, 3.8) is 0 Å². The molecule has 1 saturated heterocycles. The summed E-state index contributed by atoms with van der Waals surface area (Å²) in [5.41, 5.74) is 1.50. The van der Waals surface area contributed by atoms with E-state index in [1.54, 1.807) is 12.1 Å². The maximum absolute atomic E-state index is 12.5. The lowest BCUT2D eigenvalue weighted by atomic mass is 9.97. The Morgan fingerprint density at radius 1 is 1.12 bits per heavy atom.